The largest absolute Gasteiger partial charge is 0.472 e. The van der Waals surface area contributed by atoms with Crippen LogP contribution in [0.5, 0.6) is 0 Å². The molecule has 7 N–H and O–H groups in total. The number of phosphoric acid groups is 3. The highest BCUT2D eigenvalue weighted by atomic mass is 31.2. The van der Waals surface area contributed by atoms with Gasteiger partial charge in [0.25, 0.3) is 0 Å². The predicted octanol–water partition coefficient (Wildman–Crippen LogP) is 3.54. The van der Waals surface area contributed by atoms with Crippen LogP contribution in [0.3, 0.4) is 0 Å². The minimum absolute atomic E-state index is 0.0285. The fraction of sp³-hybridized carbons (Fsp3) is 0.714. The lowest BCUT2D eigenvalue weighted by atomic mass is 9.87. The van der Waals surface area contributed by atoms with Crippen LogP contribution in [0.25, 0.3) is 0 Å². The molecule has 1 aliphatic carbocycles. The van der Waals surface area contributed by atoms with E-state index in [-0.39, 0.29) is 6.42 Å². The minimum Gasteiger partial charge on any atom is -0.456 e. The Kier molecular flexibility index (Phi) is 25.7. The molecule has 0 aromatic rings. The summed E-state index contributed by atoms with van der Waals surface area (Å²) < 4.78 is 64.7. The first-order chi connectivity index (χ1) is 26.4. The maximum absolute atomic E-state index is 12.9. The number of phosphoric ester groups is 3. The van der Waals surface area contributed by atoms with Crippen LogP contribution >= 0.6 is 23.5 Å². The van der Waals surface area contributed by atoms with E-state index in [0.29, 0.717) is 6.42 Å². The van der Waals surface area contributed by atoms with Gasteiger partial charge in [0.05, 0.1) is 6.61 Å². The number of aliphatic hydroxyl groups excluding tert-OH is 2. The normalized spacial score (nSPS) is 20.9. The maximum Gasteiger partial charge on any atom is 0.472 e. The van der Waals surface area contributed by atoms with Crippen molar-refractivity contribution in [3.63, 3.8) is 0 Å². The fourth-order valence-corrected chi connectivity index (χ4v) is 7.42. The first-order valence-corrected chi connectivity index (χ1v) is 22.7. The first-order valence-electron chi connectivity index (χ1n) is 18.2. The second-order valence-electron chi connectivity index (χ2n) is 12.6. The maximum atomic E-state index is 12.9. The zero-order valence-corrected chi connectivity index (χ0v) is 34.1. The van der Waals surface area contributed by atoms with E-state index < -0.39 is 91.7 Å². The zero-order chi connectivity index (χ0) is 42.0. The van der Waals surface area contributed by atoms with Gasteiger partial charge in [0.1, 0.15) is 37.1 Å². The quantitative estimate of drug-likeness (QED) is 0.0215. The van der Waals surface area contributed by atoms with Gasteiger partial charge in [-0.05, 0) is 48.9 Å². The molecule has 7 atom stereocenters. The molecule has 0 aliphatic heterocycles. The van der Waals surface area contributed by atoms with Crippen LogP contribution in [-0.4, -0.2) is 96.5 Å². The number of rotatable bonds is 26. The highest BCUT2D eigenvalue weighted by Crippen LogP contribution is 2.51. The lowest BCUT2D eigenvalue weighted by Gasteiger charge is -2.41. The van der Waals surface area contributed by atoms with Crippen molar-refractivity contribution in [2.24, 2.45) is 0 Å². The van der Waals surface area contributed by atoms with E-state index in [1.807, 2.05) is 0 Å². The summed E-state index contributed by atoms with van der Waals surface area (Å²) in [4.78, 5) is 72.0. The number of unbranched alkanes of at least 4 members (excludes halogenated alkanes) is 12. The van der Waals surface area contributed by atoms with Gasteiger partial charge in [-0.2, -0.15) is 0 Å². The lowest BCUT2D eigenvalue weighted by molar-refractivity contribution is -0.168. The van der Waals surface area contributed by atoms with Crippen LogP contribution in [0.1, 0.15) is 110 Å². The molecular weight excluding hydrogens is 801 g/mol. The molecule has 1 saturated carbocycles. The predicted molar refractivity (Wildman–Crippen MR) is 199 cm³/mol. The van der Waals surface area contributed by atoms with Gasteiger partial charge in [-0.1, -0.05) is 89.9 Å². The molecule has 0 spiro atoms. The van der Waals surface area contributed by atoms with Gasteiger partial charge in [-0.3, -0.25) is 22.9 Å². The van der Waals surface area contributed by atoms with Crippen molar-refractivity contribution in [1.82, 2.24) is 0 Å². The molecule has 0 radical (unpaired) electrons. The minimum atomic E-state index is -5.42. The smallest absolute Gasteiger partial charge is 0.456 e. The van der Waals surface area contributed by atoms with E-state index in [2.05, 4.69) is 63.3 Å². The SMILES string of the molecule is CC#CC#CC#CC#CC(=O)OC[C@H](COP(=O)(O)OC1C[C@@H](OP(=O)(O)O)C(OP(=O)(O)O)[C@@H](O)C1O)OC(=O)CCCCCCCCCCCCCCC. The van der Waals surface area contributed by atoms with E-state index in [4.69, 9.17) is 28.3 Å². The van der Waals surface area contributed by atoms with E-state index in [1.54, 1.807) is 6.92 Å². The molecule has 0 saturated heterocycles. The van der Waals surface area contributed by atoms with Gasteiger partial charge in [0, 0.05) is 18.8 Å². The van der Waals surface area contributed by atoms with Crippen LogP contribution in [-0.2, 0) is 50.9 Å². The van der Waals surface area contributed by atoms with Crippen LogP contribution in [0.4, 0.5) is 0 Å². The Morgan fingerprint density at radius 1 is 0.661 bits per heavy atom. The molecule has 0 amide bonds. The van der Waals surface area contributed by atoms with Crippen molar-refractivity contribution in [1.29, 1.82) is 0 Å². The highest BCUT2D eigenvalue weighted by Gasteiger charge is 2.51. The molecule has 1 rings (SSSR count). The molecule has 0 bridgehead atoms. The molecular formula is C35H53O18P3. The molecule has 0 aromatic heterocycles. The molecule has 21 heteroatoms. The van der Waals surface area contributed by atoms with Gasteiger partial charge < -0.3 is 44.2 Å². The van der Waals surface area contributed by atoms with Gasteiger partial charge in [0.15, 0.2) is 6.10 Å². The second kappa shape index (κ2) is 28.0. The van der Waals surface area contributed by atoms with Crippen molar-refractivity contribution in [2.45, 2.75) is 147 Å². The number of hydrogen-bond acceptors (Lipinski definition) is 13. The van der Waals surface area contributed by atoms with Crippen molar-refractivity contribution in [3.05, 3.63) is 0 Å². The summed E-state index contributed by atoms with van der Waals surface area (Å²) in [6.07, 6.45) is 0.828. The Bertz CT molecular complexity index is 1610. The monoisotopic (exact) mass is 854 g/mol. The third kappa shape index (κ3) is 25.6. The summed E-state index contributed by atoms with van der Waals surface area (Å²) >= 11 is 0. The molecule has 4 unspecified atom stereocenters. The number of esters is 2. The Labute approximate surface area is 327 Å². The summed E-state index contributed by atoms with van der Waals surface area (Å²) in [6.45, 7) is 2.14. The summed E-state index contributed by atoms with van der Waals surface area (Å²) in [5, 5.41) is 20.9. The van der Waals surface area contributed by atoms with Gasteiger partial charge in [-0.15, -0.1) is 0 Å². The molecule has 0 aromatic carbocycles. The number of carbonyl (C=O) groups excluding carboxylic acids is 2. The number of carbonyl (C=O) groups is 2. The van der Waals surface area contributed by atoms with Crippen molar-refractivity contribution < 1.29 is 85.5 Å². The van der Waals surface area contributed by atoms with Crippen molar-refractivity contribution in [3.8, 4) is 47.4 Å². The molecule has 1 aliphatic rings. The van der Waals surface area contributed by atoms with Crippen LogP contribution in [0, 0.1) is 47.4 Å². The summed E-state index contributed by atoms with van der Waals surface area (Å²) in [7, 11) is -16.1. The average Bonchev–Trinajstić information content (AvgIpc) is 3.10. The zero-order valence-electron chi connectivity index (χ0n) is 31.4. The standard InChI is InChI=1S/C35H53O18P3/c1-3-5-7-9-11-12-13-14-15-16-18-20-22-24-32(37)50-28(26-48-31(36)23-21-19-17-10-8-6-4-2)27-49-56(46,47)52-29-25-30(51-54(40,41)42)35(34(39)33(29)38)53-55(43,44)45/h28-30,33-35,38-39H,3,5,7,9,11-16,18,20,22,24-27H2,1-2H3,(H,46,47)(H2,40,41,42)(H2,43,44,45)/t28-,29?,30-,33?,34+,35?/m1/s1. The van der Waals surface area contributed by atoms with Crippen LogP contribution in [0.2, 0.25) is 0 Å². The summed E-state index contributed by atoms with van der Waals surface area (Å²) in [5.41, 5.74) is 0. The molecule has 56 heavy (non-hydrogen) atoms. The Hall–Kier alpha value is -2.57. The topological polar surface area (TPSA) is 282 Å². The van der Waals surface area contributed by atoms with Crippen molar-refractivity contribution >= 4 is 35.4 Å². The summed E-state index contributed by atoms with van der Waals surface area (Å²) in [5.74, 6) is 16.8. The van der Waals surface area contributed by atoms with E-state index in [9.17, 15) is 48.2 Å². The summed E-state index contributed by atoms with van der Waals surface area (Å²) in [6, 6.07) is 0. The van der Waals surface area contributed by atoms with Crippen LogP contribution < -0.4 is 0 Å². The van der Waals surface area contributed by atoms with Crippen molar-refractivity contribution in [2.75, 3.05) is 13.2 Å². The molecule has 0 heterocycles. The third-order valence-corrected chi connectivity index (χ3v) is 9.98. The number of aliphatic hydroxyl groups is 2. The van der Waals surface area contributed by atoms with E-state index >= 15 is 0 Å². The highest BCUT2D eigenvalue weighted by molar-refractivity contribution is 7.47. The van der Waals surface area contributed by atoms with E-state index in [0.717, 1.165) is 32.1 Å². The number of hydrogen-bond donors (Lipinski definition) is 7. The molecule has 1 fully saturated rings. The lowest BCUT2D eigenvalue weighted by Crippen LogP contribution is -2.57. The average molecular weight is 855 g/mol. The van der Waals surface area contributed by atoms with E-state index in [1.165, 1.54) is 44.9 Å². The Balaban J connectivity index is 2.84. The molecule has 18 nitrogen and oxygen atoms in total. The van der Waals surface area contributed by atoms with Gasteiger partial charge in [0.2, 0.25) is 0 Å². The third-order valence-electron chi connectivity index (χ3n) is 7.91. The fourth-order valence-electron chi connectivity index (χ4n) is 5.31. The van der Waals surface area contributed by atoms with Gasteiger partial charge >= 0.3 is 35.4 Å². The Morgan fingerprint density at radius 2 is 1.18 bits per heavy atom. The molecule has 316 valence electrons. The van der Waals surface area contributed by atoms with Gasteiger partial charge in [-0.25, -0.2) is 18.5 Å². The first kappa shape index (κ1) is 51.4. The number of ether oxygens (including phenoxy) is 2. The second-order valence-corrected chi connectivity index (χ2v) is 16.4. The Morgan fingerprint density at radius 3 is 1.71 bits per heavy atom. The van der Waals surface area contributed by atoms with Crippen LogP contribution in [0.15, 0.2) is 0 Å².